The number of carbonyl (C=O) groups is 1. The molecule has 0 radical (unpaired) electrons. The van der Waals surface area contributed by atoms with Gasteiger partial charge in [-0.2, -0.15) is 0 Å². The Kier molecular flexibility index (Phi) is 5.07. The second kappa shape index (κ2) is 8.40. The van der Waals surface area contributed by atoms with Crippen molar-refractivity contribution in [1.29, 1.82) is 0 Å². The molecule has 4 aromatic rings. The van der Waals surface area contributed by atoms with Crippen molar-refractivity contribution in [2.24, 2.45) is 5.92 Å². The first-order valence-corrected chi connectivity index (χ1v) is 11.7. The Morgan fingerprint density at radius 2 is 1.74 bits per heavy atom. The molecule has 0 saturated carbocycles. The second-order valence-corrected chi connectivity index (χ2v) is 9.11. The molecule has 1 aliphatic heterocycles. The number of nitrogens with one attached hydrogen (secondary N) is 2. The van der Waals surface area contributed by atoms with Gasteiger partial charge in [-0.3, -0.25) is 14.9 Å². The SMILES string of the molecule is O=C(Nc1ccc2ccccc2c1)c1cccc2c1NC(c1ccc([N+](=O)[O-])cc1)C1CC=CC21. The van der Waals surface area contributed by atoms with Crippen LogP contribution in [0.4, 0.5) is 17.1 Å². The normalized spacial score (nSPS) is 20.1. The van der Waals surface area contributed by atoms with Crippen LogP contribution in [0.5, 0.6) is 0 Å². The zero-order chi connectivity index (χ0) is 23.9. The third kappa shape index (κ3) is 3.73. The lowest BCUT2D eigenvalue weighted by atomic mass is 9.76. The number of amides is 1. The molecule has 3 unspecified atom stereocenters. The summed E-state index contributed by atoms with van der Waals surface area (Å²) in [4.78, 5) is 24.2. The van der Waals surface area contributed by atoms with Gasteiger partial charge in [-0.15, -0.1) is 0 Å². The highest BCUT2D eigenvalue weighted by molar-refractivity contribution is 6.09. The number of nitrogens with zero attached hydrogens (tertiary/aromatic N) is 1. The van der Waals surface area contributed by atoms with E-state index in [9.17, 15) is 14.9 Å². The van der Waals surface area contributed by atoms with Gasteiger partial charge < -0.3 is 10.6 Å². The third-order valence-corrected chi connectivity index (χ3v) is 7.11. The number of allylic oxidation sites excluding steroid dienone is 2. The molecule has 6 nitrogen and oxygen atoms in total. The summed E-state index contributed by atoms with van der Waals surface area (Å²) < 4.78 is 0. The number of rotatable bonds is 4. The number of anilines is 2. The van der Waals surface area contributed by atoms with Crippen LogP contribution in [0.2, 0.25) is 0 Å². The van der Waals surface area contributed by atoms with E-state index in [1.807, 2.05) is 66.7 Å². The lowest BCUT2D eigenvalue weighted by molar-refractivity contribution is -0.384. The van der Waals surface area contributed by atoms with Gasteiger partial charge in [-0.25, -0.2) is 0 Å². The standard InChI is InChI=1S/C29H23N3O3/c33-29(30-21-14-11-18-5-1-2-6-20(18)17-21)26-10-4-9-25-23-7-3-8-24(23)27(31-28(25)26)19-12-15-22(16-13-19)32(34)35/h1-7,9-17,23-24,27,31H,8H2,(H,30,33). The van der Waals surface area contributed by atoms with Crippen LogP contribution >= 0.6 is 0 Å². The Morgan fingerprint density at radius 3 is 2.54 bits per heavy atom. The van der Waals surface area contributed by atoms with E-state index in [1.165, 1.54) is 0 Å². The highest BCUT2D eigenvalue weighted by atomic mass is 16.6. The van der Waals surface area contributed by atoms with Crippen LogP contribution in [-0.2, 0) is 0 Å². The molecule has 2 N–H and O–H groups in total. The highest BCUT2D eigenvalue weighted by Gasteiger charge is 2.39. The molecular weight excluding hydrogens is 438 g/mol. The maximum absolute atomic E-state index is 13.4. The third-order valence-electron chi connectivity index (χ3n) is 7.11. The lowest BCUT2D eigenvalue weighted by Gasteiger charge is -2.38. The molecule has 1 aliphatic carbocycles. The first-order chi connectivity index (χ1) is 17.1. The molecule has 3 atom stereocenters. The van der Waals surface area contributed by atoms with Gasteiger partial charge in [0.05, 0.1) is 22.2 Å². The summed E-state index contributed by atoms with van der Waals surface area (Å²) >= 11 is 0. The Hall–Kier alpha value is -4.45. The monoisotopic (exact) mass is 461 g/mol. The summed E-state index contributed by atoms with van der Waals surface area (Å²) in [5, 5.41) is 20.0. The fourth-order valence-electron chi connectivity index (χ4n) is 5.41. The van der Waals surface area contributed by atoms with Crippen molar-refractivity contribution in [3.8, 4) is 0 Å². The topological polar surface area (TPSA) is 84.3 Å². The van der Waals surface area contributed by atoms with Crippen molar-refractivity contribution in [3.63, 3.8) is 0 Å². The summed E-state index contributed by atoms with van der Waals surface area (Å²) in [6.45, 7) is 0. The molecule has 6 rings (SSSR count). The molecule has 35 heavy (non-hydrogen) atoms. The molecule has 2 aliphatic rings. The maximum Gasteiger partial charge on any atom is 0.269 e. The van der Waals surface area contributed by atoms with E-state index in [0.29, 0.717) is 5.56 Å². The van der Waals surface area contributed by atoms with E-state index in [1.54, 1.807) is 12.1 Å². The van der Waals surface area contributed by atoms with E-state index >= 15 is 0 Å². The number of benzene rings is 4. The molecule has 1 heterocycles. The molecule has 0 saturated heterocycles. The van der Waals surface area contributed by atoms with Gasteiger partial charge in [0.25, 0.3) is 11.6 Å². The van der Waals surface area contributed by atoms with E-state index in [-0.39, 0.29) is 34.4 Å². The number of para-hydroxylation sites is 1. The van der Waals surface area contributed by atoms with E-state index in [0.717, 1.165) is 39.7 Å². The van der Waals surface area contributed by atoms with E-state index < -0.39 is 0 Å². The summed E-state index contributed by atoms with van der Waals surface area (Å²) in [5.74, 6) is 0.287. The van der Waals surface area contributed by atoms with Gasteiger partial charge in [0.1, 0.15) is 0 Å². The van der Waals surface area contributed by atoms with Crippen LogP contribution in [0.3, 0.4) is 0 Å². The Morgan fingerprint density at radius 1 is 0.943 bits per heavy atom. The van der Waals surface area contributed by atoms with E-state index in [2.05, 4.69) is 28.9 Å². The fourth-order valence-corrected chi connectivity index (χ4v) is 5.41. The minimum atomic E-state index is -0.386. The summed E-state index contributed by atoms with van der Waals surface area (Å²) in [6, 6.07) is 26.5. The molecular formula is C29H23N3O3. The highest BCUT2D eigenvalue weighted by Crippen LogP contribution is 2.50. The van der Waals surface area contributed by atoms with Crippen molar-refractivity contribution >= 4 is 33.7 Å². The summed E-state index contributed by atoms with van der Waals surface area (Å²) in [7, 11) is 0. The van der Waals surface area contributed by atoms with Gasteiger partial charge >= 0.3 is 0 Å². The first-order valence-electron chi connectivity index (χ1n) is 11.7. The average molecular weight is 462 g/mol. The predicted octanol–water partition coefficient (Wildman–Crippen LogP) is 6.83. The van der Waals surface area contributed by atoms with Crippen molar-refractivity contribution in [3.05, 3.63) is 124 Å². The van der Waals surface area contributed by atoms with Crippen molar-refractivity contribution in [2.45, 2.75) is 18.4 Å². The minimum absolute atomic E-state index is 0.0575. The number of nitro benzene ring substituents is 1. The molecule has 0 fully saturated rings. The van der Waals surface area contributed by atoms with Crippen LogP contribution in [0.15, 0.2) is 97.1 Å². The van der Waals surface area contributed by atoms with Gasteiger partial charge in [0.2, 0.25) is 0 Å². The van der Waals surface area contributed by atoms with Crippen LogP contribution in [0.25, 0.3) is 10.8 Å². The quantitative estimate of drug-likeness (QED) is 0.198. The molecule has 1 amide bonds. The Labute approximate surface area is 202 Å². The number of non-ortho nitro benzene ring substituents is 1. The molecule has 6 heteroatoms. The number of fused-ring (bicyclic) bond motifs is 4. The van der Waals surface area contributed by atoms with Crippen LogP contribution in [-0.4, -0.2) is 10.8 Å². The maximum atomic E-state index is 13.4. The van der Waals surface area contributed by atoms with Gasteiger partial charge in [0, 0.05) is 23.7 Å². The van der Waals surface area contributed by atoms with Gasteiger partial charge in [-0.05, 0) is 52.4 Å². The van der Waals surface area contributed by atoms with Gasteiger partial charge in [0.15, 0.2) is 0 Å². The number of carbonyl (C=O) groups excluding carboxylic acids is 1. The second-order valence-electron chi connectivity index (χ2n) is 9.11. The lowest BCUT2D eigenvalue weighted by Crippen LogP contribution is -2.30. The van der Waals surface area contributed by atoms with Crippen molar-refractivity contribution in [1.82, 2.24) is 0 Å². The molecule has 0 bridgehead atoms. The number of hydrogen-bond donors (Lipinski definition) is 2. The molecule has 172 valence electrons. The summed E-state index contributed by atoms with van der Waals surface area (Å²) in [5.41, 5.74) is 4.30. The predicted molar refractivity (Wildman–Crippen MR) is 138 cm³/mol. The Balaban J connectivity index is 1.34. The van der Waals surface area contributed by atoms with Crippen molar-refractivity contribution in [2.75, 3.05) is 10.6 Å². The molecule has 4 aromatic carbocycles. The Bertz CT molecular complexity index is 1490. The van der Waals surface area contributed by atoms with Crippen LogP contribution in [0.1, 0.15) is 39.9 Å². The first kappa shape index (κ1) is 21.1. The minimum Gasteiger partial charge on any atom is -0.377 e. The molecule has 0 spiro atoms. The number of hydrogen-bond acceptors (Lipinski definition) is 4. The van der Waals surface area contributed by atoms with Crippen LogP contribution in [0, 0.1) is 16.0 Å². The zero-order valence-electron chi connectivity index (χ0n) is 18.8. The zero-order valence-corrected chi connectivity index (χ0v) is 18.8. The van der Waals surface area contributed by atoms with Crippen molar-refractivity contribution < 1.29 is 9.72 Å². The van der Waals surface area contributed by atoms with Gasteiger partial charge in [-0.1, -0.05) is 66.7 Å². The summed E-state index contributed by atoms with van der Waals surface area (Å²) in [6.07, 6.45) is 5.31. The average Bonchev–Trinajstić information content (AvgIpc) is 3.38. The number of nitro groups is 1. The largest absolute Gasteiger partial charge is 0.377 e. The fraction of sp³-hybridized carbons (Fsp3) is 0.138. The van der Waals surface area contributed by atoms with E-state index in [4.69, 9.17) is 0 Å². The van der Waals surface area contributed by atoms with Crippen LogP contribution < -0.4 is 10.6 Å². The molecule has 0 aromatic heterocycles. The smallest absolute Gasteiger partial charge is 0.269 e.